The molecule has 23 heavy (non-hydrogen) atoms. The van der Waals surface area contributed by atoms with Crippen LogP contribution in [0.5, 0.6) is 0 Å². The summed E-state index contributed by atoms with van der Waals surface area (Å²) in [5.41, 5.74) is 9.61. The van der Waals surface area contributed by atoms with Crippen molar-refractivity contribution >= 4 is 12.4 Å². The van der Waals surface area contributed by atoms with E-state index in [1.807, 2.05) is 12.1 Å². The van der Waals surface area contributed by atoms with Crippen molar-refractivity contribution in [3.63, 3.8) is 0 Å². The average Bonchev–Trinajstić information content (AvgIpc) is 2.92. The predicted molar refractivity (Wildman–Crippen MR) is 95.6 cm³/mol. The lowest BCUT2D eigenvalue weighted by atomic mass is 9.80. The number of rotatable bonds is 3. The van der Waals surface area contributed by atoms with Gasteiger partial charge in [-0.05, 0) is 30.9 Å². The molecular weight excluding hydrogens is 310 g/mol. The Morgan fingerprint density at radius 3 is 2.65 bits per heavy atom. The number of hydrogen-bond donors (Lipinski definition) is 1. The van der Waals surface area contributed by atoms with Gasteiger partial charge in [-0.1, -0.05) is 31.5 Å². The second kappa shape index (κ2) is 7.04. The summed E-state index contributed by atoms with van der Waals surface area (Å²) in [6.45, 7) is 9.41. The smallest absolute Gasteiger partial charge is 0.226 e. The van der Waals surface area contributed by atoms with Gasteiger partial charge < -0.3 is 10.2 Å². The Labute approximate surface area is 144 Å². The zero-order chi connectivity index (χ0) is 15.7. The van der Waals surface area contributed by atoms with E-state index in [1.54, 1.807) is 6.26 Å². The Balaban J connectivity index is 0.00000192. The van der Waals surface area contributed by atoms with Gasteiger partial charge in [-0.2, -0.15) is 0 Å². The molecule has 126 valence electrons. The number of aryl methyl sites for hydroxylation is 1. The number of piperidine rings is 1. The number of halogens is 1. The van der Waals surface area contributed by atoms with Crippen molar-refractivity contribution < 1.29 is 4.42 Å². The van der Waals surface area contributed by atoms with Crippen molar-refractivity contribution in [1.82, 2.24) is 9.88 Å². The second-order valence-electron chi connectivity index (χ2n) is 7.10. The highest BCUT2D eigenvalue weighted by Crippen LogP contribution is 2.29. The van der Waals surface area contributed by atoms with Gasteiger partial charge >= 0.3 is 0 Å². The molecule has 1 atom stereocenters. The van der Waals surface area contributed by atoms with E-state index in [0.29, 0.717) is 5.89 Å². The molecule has 1 aromatic heterocycles. The topological polar surface area (TPSA) is 55.3 Å². The van der Waals surface area contributed by atoms with Crippen molar-refractivity contribution in [2.24, 2.45) is 11.1 Å². The summed E-state index contributed by atoms with van der Waals surface area (Å²) in [6, 6.07) is 8.54. The van der Waals surface area contributed by atoms with Crippen molar-refractivity contribution in [3.8, 4) is 11.5 Å². The molecule has 2 heterocycles. The number of oxazole rings is 1. The molecule has 0 radical (unpaired) electrons. The van der Waals surface area contributed by atoms with E-state index in [-0.39, 0.29) is 23.9 Å². The molecule has 0 aliphatic carbocycles. The van der Waals surface area contributed by atoms with E-state index < -0.39 is 0 Å². The summed E-state index contributed by atoms with van der Waals surface area (Å²) in [5, 5.41) is 0. The van der Waals surface area contributed by atoms with Crippen LogP contribution in [0.15, 0.2) is 34.9 Å². The summed E-state index contributed by atoms with van der Waals surface area (Å²) in [5.74, 6) is 0.697. The Hall–Kier alpha value is -1.36. The molecule has 1 saturated heterocycles. The molecule has 1 fully saturated rings. The maximum Gasteiger partial charge on any atom is 0.226 e. The van der Waals surface area contributed by atoms with Crippen molar-refractivity contribution in [2.45, 2.75) is 39.8 Å². The zero-order valence-electron chi connectivity index (χ0n) is 14.1. The summed E-state index contributed by atoms with van der Waals surface area (Å²) >= 11 is 0. The quantitative estimate of drug-likeness (QED) is 0.930. The minimum Gasteiger partial charge on any atom is -0.444 e. The SMILES string of the molecule is Cc1ccc(-c2nc(CN3CCC(N)C(C)(C)C3)co2)cc1.Cl. The molecule has 2 N–H and O–H groups in total. The first-order valence-corrected chi connectivity index (χ1v) is 7.93. The maximum atomic E-state index is 6.20. The van der Waals surface area contributed by atoms with Gasteiger partial charge in [0.15, 0.2) is 0 Å². The Morgan fingerprint density at radius 1 is 1.30 bits per heavy atom. The first kappa shape index (κ1) is 18.0. The normalized spacial score (nSPS) is 21.0. The number of likely N-dealkylation sites (tertiary alicyclic amines) is 1. The minimum atomic E-state index is 0. The monoisotopic (exact) mass is 335 g/mol. The molecule has 0 bridgehead atoms. The number of hydrogen-bond acceptors (Lipinski definition) is 4. The van der Waals surface area contributed by atoms with Crippen molar-refractivity contribution in [1.29, 1.82) is 0 Å². The third kappa shape index (κ3) is 4.14. The third-order valence-electron chi connectivity index (χ3n) is 4.63. The molecule has 1 unspecified atom stereocenters. The van der Waals surface area contributed by atoms with Gasteiger partial charge in [0.25, 0.3) is 0 Å². The number of nitrogens with two attached hydrogens (primary N) is 1. The highest BCUT2D eigenvalue weighted by Gasteiger charge is 2.33. The molecule has 2 aromatic rings. The first-order chi connectivity index (χ1) is 10.4. The molecule has 1 aromatic carbocycles. The van der Waals surface area contributed by atoms with E-state index in [9.17, 15) is 0 Å². The molecule has 5 heteroatoms. The standard InChI is InChI=1S/C18H25N3O.ClH/c1-13-4-6-14(7-5-13)17-20-15(11-22-17)10-21-9-8-16(19)18(2,3)12-21;/h4-7,11,16H,8-10,12,19H2,1-3H3;1H. The lowest BCUT2D eigenvalue weighted by Gasteiger charge is -2.42. The average molecular weight is 336 g/mol. The second-order valence-corrected chi connectivity index (χ2v) is 7.10. The van der Waals surface area contributed by atoms with Crippen LogP contribution in [0.25, 0.3) is 11.5 Å². The molecular formula is C18H26ClN3O. The van der Waals surface area contributed by atoms with Crippen LogP contribution in [-0.4, -0.2) is 29.0 Å². The molecule has 1 aliphatic rings. The van der Waals surface area contributed by atoms with E-state index in [2.05, 4.69) is 42.8 Å². The summed E-state index contributed by atoms with van der Waals surface area (Å²) in [6.07, 6.45) is 2.81. The molecule has 4 nitrogen and oxygen atoms in total. The van der Waals surface area contributed by atoms with Crippen LogP contribution in [-0.2, 0) is 6.54 Å². The van der Waals surface area contributed by atoms with Gasteiger partial charge in [0, 0.05) is 31.2 Å². The molecule has 3 rings (SSSR count). The fourth-order valence-corrected chi connectivity index (χ4v) is 3.06. The van der Waals surface area contributed by atoms with Gasteiger partial charge in [-0.25, -0.2) is 4.98 Å². The molecule has 0 saturated carbocycles. The number of aromatic nitrogens is 1. The maximum absolute atomic E-state index is 6.20. The zero-order valence-corrected chi connectivity index (χ0v) is 14.9. The van der Waals surface area contributed by atoms with Crippen LogP contribution in [0.2, 0.25) is 0 Å². The van der Waals surface area contributed by atoms with Gasteiger partial charge in [-0.3, -0.25) is 4.90 Å². The van der Waals surface area contributed by atoms with Crippen LogP contribution >= 0.6 is 12.4 Å². The highest BCUT2D eigenvalue weighted by atomic mass is 35.5. The fraction of sp³-hybridized carbons (Fsp3) is 0.500. The van der Waals surface area contributed by atoms with Gasteiger partial charge in [0.1, 0.15) is 6.26 Å². The molecule has 1 aliphatic heterocycles. The van der Waals surface area contributed by atoms with E-state index in [4.69, 9.17) is 10.2 Å². The lowest BCUT2D eigenvalue weighted by Crippen LogP contribution is -2.52. The van der Waals surface area contributed by atoms with Crippen LogP contribution in [0.4, 0.5) is 0 Å². The van der Waals surface area contributed by atoms with Gasteiger partial charge in [-0.15, -0.1) is 12.4 Å². The van der Waals surface area contributed by atoms with E-state index in [0.717, 1.165) is 37.3 Å². The number of nitrogens with zero attached hydrogens (tertiary/aromatic N) is 2. The van der Waals surface area contributed by atoms with Crippen LogP contribution in [0.1, 0.15) is 31.5 Å². The summed E-state index contributed by atoms with van der Waals surface area (Å²) in [7, 11) is 0. The molecule has 0 amide bonds. The third-order valence-corrected chi connectivity index (χ3v) is 4.63. The van der Waals surface area contributed by atoms with Crippen molar-refractivity contribution in [3.05, 3.63) is 41.8 Å². The van der Waals surface area contributed by atoms with Crippen molar-refractivity contribution in [2.75, 3.05) is 13.1 Å². The first-order valence-electron chi connectivity index (χ1n) is 7.93. The Morgan fingerprint density at radius 2 is 2.00 bits per heavy atom. The largest absolute Gasteiger partial charge is 0.444 e. The van der Waals surface area contributed by atoms with Gasteiger partial charge in [0.2, 0.25) is 5.89 Å². The Kier molecular flexibility index (Phi) is 5.50. The number of benzene rings is 1. The fourth-order valence-electron chi connectivity index (χ4n) is 3.06. The predicted octanol–water partition coefficient (Wildman–Crippen LogP) is 3.63. The summed E-state index contributed by atoms with van der Waals surface area (Å²) < 4.78 is 5.64. The van der Waals surface area contributed by atoms with E-state index in [1.165, 1.54) is 5.56 Å². The van der Waals surface area contributed by atoms with Crippen LogP contribution in [0, 0.1) is 12.3 Å². The van der Waals surface area contributed by atoms with E-state index >= 15 is 0 Å². The summed E-state index contributed by atoms with van der Waals surface area (Å²) in [4.78, 5) is 7.05. The minimum absolute atomic E-state index is 0. The van der Waals surface area contributed by atoms with Crippen LogP contribution in [0.3, 0.4) is 0 Å². The van der Waals surface area contributed by atoms with Gasteiger partial charge in [0.05, 0.1) is 5.69 Å². The lowest BCUT2D eigenvalue weighted by molar-refractivity contribution is 0.0889. The highest BCUT2D eigenvalue weighted by molar-refractivity contribution is 5.85. The Bertz CT molecular complexity index is 636. The van der Waals surface area contributed by atoms with Crippen LogP contribution < -0.4 is 5.73 Å². The molecule has 0 spiro atoms.